The van der Waals surface area contributed by atoms with Gasteiger partial charge in [-0.05, 0) is 25.0 Å². The van der Waals surface area contributed by atoms with Crippen molar-refractivity contribution < 1.29 is 4.74 Å². The summed E-state index contributed by atoms with van der Waals surface area (Å²) in [4.78, 5) is 4.66. The second-order valence-corrected chi connectivity index (χ2v) is 4.84. The van der Waals surface area contributed by atoms with Gasteiger partial charge in [0.05, 0.1) is 12.3 Å². The van der Waals surface area contributed by atoms with Gasteiger partial charge in [0, 0.05) is 11.1 Å². The Hall–Kier alpha value is -1.05. The molecule has 0 radical (unpaired) electrons. The lowest BCUT2D eigenvalue weighted by atomic mass is 9.91. The van der Waals surface area contributed by atoms with Crippen LogP contribution in [-0.4, -0.2) is 11.6 Å². The van der Waals surface area contributed by atoms with Crippen LogP contribution in [0, 0.1) is 0 Å². The van der Waals surface area contributed by atoms with E-state index in [1.165, 1.54) is 0 Å². The number of hydrogen-bond acceptors (Lipinski definition) is 2. The van der Waals surface area contributed by atoms with E-state index in [0.717, 1.165) is 36.6 Å². The van der Waals surface area contributed by atoms with Gasteiger partial charge in [0.25, 0.3) is 0 Å². The Balaban J connectivity index is 2.39. The number of pyridine rings is 1. The van der Waals surface area contributed by atoms with Crippen LogP contribution in [0.5, 0.6) is 5.75 Å². The zero-order valence-corrected chi connectivity index (χ0v) is 9.13. The first-order chi connectivity index (χ1) is 6.57. The quantitative estimate of drug-likeness (QED) is 0.629. The highest BCUT2D eigenvalue weighted by atomic mass is 16.5. The number of ether oxygens (including phenoxy) is 1. The van der Waals surface area contributed by atoms with E-state index in [-0.39, 0.29) is 5.41 Å². The summed E-state index contributed by atoms with van der Waals surface area (Å²) in [5.41, 5.74) is 2.41. The summed E-state index contributed by atoms with van der Waals surface area (Å²) in [7, 11) is 0. The number of rotatable bonds is 0. The molecule has 2 rings (SSSR count). The Morgan fingerprint density at radius 2 is 2.07 bits per heavy atom. The van der Waals surface area contributed by atoms with Crippen LogP contribution in [0.2, 0.25) is 0 Å². The predicted molar refractivity (Wildman–Crippen MR) is 56.8 cm³/mol. The molecule has 1 aromatic rings. The number of fused-ring (bicyclic) bond motifs is 1. The Morgan fingerprint density at radius 1 is 1.29 bits per heavy atom. The maximum Gasteiger partial charge on any atom is 0.140 e. The second kappa shape index (κ2) is 3.26. The first kappa shape index (κ1) is 9.50. The maximum atomic E-state index is 5.53. The van der Waals surface area contributed by atoms with E-state index in [1.807, 2.05) is 0 Å². The van der Waals surface area contributed by atoms with Gasteiger partial charge in [0.15, 0.2) is 0 Å². The number of aryl methyl sites for hydroxylation is 1. The van der Waals surface area contributed by atoms with Crippen LogP contribution in [0.25, 0.3) is 0 Å². The average molecular weight is 191 g/mol. The first-order valence-electron chi connectivity index (χ1n) is 5.20. The SMILES string of the molecule is CC(C)(C)c1ccc2c(n1)CCCO2. The van der Waals surface area contributed by atoms with Crippen molar-refractivity contribution in [1.82, 2.24) is 4.98 Å². The molecule has 0 N–H and O–H groups in total. The minimum atomic E-state index is 0.131. The van der Waals surface area contributed by atoms with E-state index in [4.69, 9.17) is 4.74 Å². The van der Waals surface area contributed by atoms with Crippen LogP contribution in [-0.2, 0) is 11.8 Å². The van der Waals surface area contributed by atoms with Crippen LogP contribution in [0.15, 0.2) is 12.1 Å². The third-order valence-corrected chi connectivity index (χ3v) is 2.52. The Morgan fingerprint density at radius 3 is 2.79 bits per heavy atom. The molecule has 1 aliphatic rings. The Kier molecular flexibility index (Phi) is 2.22. The van der Waals surface area contributed by atoms with Gasteiger partial charge in [0.2, 0.25) is 0 Å². The van der Waals surface area contributed by atoms with E-state index in [9.17, 15) is 0 Å². The monoisotopic (exact) mass is 191 g/mol. The fourth-order valence-corrected chi connectivity index (χ4v) is 1.64. The van der Waals surface area contributed by atoms with Crippen molar-refractivity contribution in [3.8, 4) is 5.75 Å². The molecule has 14 heavy (non-hydrogen) atoms. The molecule has 0 bridgehead atoms. The van der Waals surface area contributed by atoms with Gasteiger partial charge >= 0.3 is 0 Å². The zero-order chi connectivity index (χ0) is 10.2. The van der Waals surface area contributed by atoms with E-state index >= 15 is 0 Å². The van der Waals surface area contributed by atoms with Crippen LogP contribution in [0.1, 0.15) is 38.6 Å². The molecule has 0 saturated heterocycles. The average Bonchev–Trinajstić information content (AvgIpc) is 2.16. The van der Waals surface area contributed by atoms with Gasteiger partial charge < -0.3 is 4.74 Å². The van der Waals surface area contributed by atoms with E-state index in [0.29, 0.717) is 0 Å². The Labute approximate surface area is 85.3 Å². The third kappa shape index (κ3) is 1.74. The largest absolute Gasteiger partial charge is 0.492 e. The van der Waals surface area contributed by atoms with Crippen molar-refractivity contribution in [1.29, 1.82) is 0 Å². The molecule has 0 amide bonds. The normalized spacial score (nSPS) is 15.9. The third-order valence-electron chi connectivity index (χ3n) is 2.52. The van der Waals surface area contributed by atoms with Crippen LogP contribution in [0.3, 0.4) is 0 Å². The number of hydrogen-bond donors (Lipinski definition) is 0. The summed E-state index contributed by atoms with van der Waals surface area (Å²) in [6.07, 6.45) is 2.15. The standard InChI is InChI=1S/C12H17NO/c1-12(2,3)11-7-6-10-9(13-11)5-4-8-14-10/h6-7H,4-5,8H2,1-3H3. The summed E-state index contributed by atoms with van der Waals surface area (Å²) in [5.74, 6) is 0.976. The van der Waals surface area contributed by atoms with Gasteiger partial charge in [-0.3, -0.25) is 4.98 Å². The molecule has 0 unspecified atom stereocenters. The molecule has 2 heterocycles. The van der Waals surface area contributed by atoms with Gasteiger partial charge in [-0.25, -0.2) is 0 Å². The van der Waals surface area contributed by atoms with E-state index < -0.39 is 0 Å². The molecule has 0 spiro atoms. The maximum absolute atomic E-state index is 5.53. The number of aromatic nitrogens is 1. The van der Waals surface area contributed by atoms with E-state index in [1.54, 1.807) is 0 Å². The molecular formula is C12H17NO. The highest BCUT2D eigenvalue weighted by molar-refractivity contribution is 5.32. The lowest BCUT2D eigenvalue weighted by Gasteiger charge is -2.22. The fraction of sp³-hybridized carbons (Fsp3) is 0.583. The predicted octanol–water partition coefficient (Wildman–Crippen LogP) is 2.70. The lowest BCUT2D eigenvalue weighted by molar-refractivity contribution is 0.284. The van der Waals surface area contributed by atoms with Crippen LogP contribution in [0.4, 0.5) is 0 Å². The first-order valence-corrected chi connectivity index (χ1v) is 5.20. The van der Waals surface area contributed by atoms with Crippen molar-refractivity contribution >= 4 is 0 Å². The molecule has 1 aliphatic heterocycles. The summed E-state index contributed by atoms with van der Waals surface area (Å²) >= 11 is 0. The number of nitrogens with zero attached hydrogens (tertiary/aromatic N) is 1. The minimum absolute atomic E-state index is 0.131. The van der Waals surface area contributed by atoms with Crippen molar-refractivity contribution in [3.63, 3.8) is 0 Å². The summed E-state index contributed by atoms with van der Waals surface area (Å²) in [6, 6.07) is 4.13. The topological polar surface area (TPSA) is 22.1 Å². The molecule has 0 fully saturated rings. The van der Waals surface area contributed by atoms with Crippen LogP contribution >= 0.6 is 0 Å². The molecule has 2 heteroatoms. The van der Waals surface area contributed by atoms with Crippen molar-refractivity contribution in [2.24, 2.45) is 0 Å². The zero-order valence-electron chi connectivity index (χ0n) is 9.13. The molecule has 0 aliphatic carbocycles. The van der Waals surface area contributed by atoms with Gasteiger partial charge in [-0.15, -0.1) is 0 Å². The van der Waals surface area contributed by atoms with Crippen molar-refractivity contribution in [3.05, 3.63) is 23.5 Å². The van der Waals surface area contributed by atoms with Gasteiger partial charge in [-0.2, -0.15) is 0 Å². The summed E-state index contributed by atoms with van der Waals surface area (Å²) in [6.45, 7) is 7.39. The molecule has 2 nitrogen and oxygen atoms in total. The fourth-order valence-electron chi connectivity index (χ4n) is 1.64. The van der Waals surface area contributed by atoms with Gasteiger partial charge in [0.1, 0.15) is 5.75 Å². The molecule has 0 atom stereocenters. The van der Waals surface area contributed by atoms with Crippen molar-refractivity contribution in [2.75, 3.05) is 6.61 Å². The summed E-state index contributed by atoms with van der Waals surface area (Å²) in [5, 5.41) is 0. The van der Waals surface area contributed by atoms with Gasteiger partial charge in [-0.1, -0.05) is 20.8 Å². The van der Waals surface area contributed by atoms with E-state index in [2.05, 4.69) is 37.9 Å². The second-order valence-electron chi connectivity index (χ2n) is 4.84. The highest BCUT2D eigenvalue weighted by Crippen LogP contribution is 2.27. The minimum Gasteiger partial charge on any atom is -0.492 e. The van der Waals surface area contributed by atoms with Crippen molar-refractivity contribution in [2.45, 2.75) is 39.0 Å². The summed E-state index contributed by atoms with van der Waals surface area (Å²) < 4.78 is 5.53. The molecular weight excluding hydrogens is 174 g/mol. The Bertz CT molecular complexity index is 339. The molecule has 76 valence electrons. The highest BCUT2D eigenvalue weighted by Gasteiger charge is 2.19. The molecule has 0 saturated carbocycles. The molecule has 0 aromatic carbocycles. The van der Waals surface area contributed by atoms with Crippen LogP contribution < -0.4 is 4.74 Å². The lowest BCUT2D eigenvalue weighted by Crippen LogP contribution is -2.17. The molecule has 1 aromatic heterocycles. The smallest absolute Gasteiger partial charge is 0.140 e.